The number of aryl methyl sites for hydroxylation is 1. The van der Waals surface area contributed by atoms with Gasteiger partial charge >= 0.3 is 0 Å². The Morgan fingerprint density at radius 3 is 2.95 bits per heavy atom. The van der Waals surface area contributed by atoms with Crippen LogP contribution in [0.15, 0.2) is 12.1 Å². The first-order valence-electron chi connectivity index (χ1n) is 7.45. The Morgan fingerprint density at radius 1 is 1.45 bits per heavy atom. The number of carbonyl (C=O) groups is 1. The van der Waals surface area contributed by atoms with Gasteiger partial charge in [0.2, 0.25) is 0 Å². The van der Waals surface area contributed by atoms with Gasteiger partial charge in [0.05, 0.1) is 23.6 Å². The Labute approximate surface area is 124 Å². The molecule has 3 rings (SSSR count). The van der Waals surface area contributed by atoms with E-state index in [4.69, 9.17) is 4.74 Å². The van der Waals surface area contributed by atoms with E-state index in [-0.39, 0.29) is 11.5 Å². The van der Waals surface area contributed by atoms with Gasteiger partial charge in [0.15, 0.2) is 0 Å². The summed E-state index contributed by atoms with van der Waals surface area (Å²) < 4.78 is 6.02. The summed E-state index contributed by atoms with van der Waals surface area (Å²) in [5, 5.41) is 3.36. The number of amides is 1. The summed E-state index contributed by atoms with van der Waals surface area (Å²) in [5.74, 6) is 0.177. The van der Waals surface area contributed by atoms with Crippen LogP contribution < -0.4 is 5.32 Å². The lowest BCUT2D eigenvalue weighted by Crippen LogP contribution is -2.57. The molecule has 2 fully saturated rings. The number of nitrogens with zero attached hydrogens (tertiary/aromatic N) is 1. The molecule has 0 aliphatic carbocycles. The van der Waals surface area contributed by atoms with Crippen LogP contribution >= 0.6 is 11.3 Å². The zero-order valence-corrected chi connectivity index (χ0v) is 12.8. The molecule has 2 aliphatic rings. The molecule has 0 radical (unpaired) electrons. The minimum absolute atomic E-state index is 0.107. The van der Waals surface area contributed by atoms with Gasteiger partial charge in [-0.2, -0.15) is 0 Å². The second-order valence-electron chi connectivity index (χ2n) is 5.63. The summed E-state index contributed by atoms with van der Waals surface area (Å²) in [7, 11) is 0. The topological polar surface area (TPSA) is 41.6 Å². The van der Waals surface area contributed by atoms with Crippen molar-refractivity contribution in [2.75, 3.05) is 32.8 Å². The molecule has 0 saturated carbocycles. The van der Waals surface area contributed by atoms with Crippen LogP contribution in [0.2, 0.25) is 0 Å². The van der Waals surface area contributed by atoms with Crippen LogP contribution in [0.1, 0.15) is 34.3 Å². The Morgan fingerprint density at radius 2 is 2.25 bits per heavy atom. The van der Waals surface area contributed by atoms with Gasteiger partial charge in [-0.3, -0.25) is 4.79 Å². The minimum Gasteiger partial charge on any atom is -0.371 e. The average molecular weight is 294 g/mol. The van der Waals surface area contributed by atoms with Gasteiger partial charge in [0.1, 0.15) is 0 Å². The number of ether oxygens (including phenoxy) is 1. The summed E-state index contributed by atoms with van der Waals surface area (Å²) in [6.07, 6.45) is 3.00. The molecule has 0 unspecified atom stereocenters. The zero-order valence-electron chi connectivity index (χ0n) is 12.0. The molecule has 110 valence electrons. The summed E-state index contributed by atoms with van der Waals surface area (Å²) >= 11 is 1.63. The minimum atomic E-state index is -0.107. The predicted molar refractivity (Wildman–Crippen MR) is 80.4 cm³/mol. The first-order chi connectivity index (χ1) is 9.72. The van der Waals surface area contributed by atoms with Gasteiger partial charge in [-0.05, 0) is 44.5 Å². The summed E-state index contributed by atoms with van der Waals surface area (Å²) in [6.45, 7) is 6.22. The fourth-order valence-corrected chi connectivity index (χ4v) is 3.96. The van der Waals surface area contributed by atoms with E-state index in [9.17, 15) is 4.79 Å². The third kappa shape index (κ3) is 2.75. The van der Waals surface area contributed by atoms with E-state index < -0.39 is 0 Å². The number of thiophene rings is 1. The Kier molecular flexibility index (Phi) is 4.10. The maximum Gasteiger partial charge on any atom is 0.264 e. The summed E-state index contributed by atoms with van der Waals surface area (Å²) in [5.41, 5.74) is -0.107. The standard InChI is InChI=1S/C15H22N2O2S/c1-2-12-3-4-13(20-12)14(18)17-9-10-19-15(11-17)5-7-16-8-6-15/h3-4,16H,2,5-11H2,1H3. The fourth-order valence-electron chi connectivity index (χ4n) is 3.04. The molecule has 3 heterocycles. The molecule has 2 aliphatic heterocycles. The van der Waals surface area contributed by atoms with Crippen molar-refractivity contribution >= 4 is 17.2 Å². The van der Waals surface area contributed by atoms with E-state index in [1.165, 1.54) is 4.88 Å². The Bertz CT molecular complexity index is 474. The molecule has 5 heteroatoms. The first-order valence-corrected chi connectivity index (χ1v) is 8.27. The second kappa shape index (κ2) is 5.84. The van der Waals surface area contributed by atoms with Crippen LogP contribution in [0.3, 0.4) is 0 Å². The molecule has 20 heavy (non-hydrogen) atoms. The van der Waals surface area contributed by atoms with Gasteiger partial charge in [-0.1, -0.05) is 6.92 Å². The van der Waals surface area contributed by atoms with Crippen molar-refractivity contribution in [1.82, 2.24) is 10.2 Å². The lowest BCUT2D eigenvalue weighted by atomic mass is 9.90. The third-order valence-electron chi connectivity index (χ3n) is 4.27. The van der Waals surface area contributed by atoms with Crippen LogP contribution in [-0.2, 0) is 11.2 Å². The highest BCUT2D eigenvalue weighted by Crippen LogP contribution is 2.29. The largest absolute Gasteiger partial charge is 0.371 e. The van der Waals surface area contributed by atoms with Crippen LogP contribution in [0.5, 0.6) is 0 Å². The third-order valence-corrected chi connectivity index (χ3v) is 5.49. The molecule has 2 saturated heterocycles. The van der Waals surface area contributed by atoms with Crippen molar-refractivity contribution < 1.29 is 9.53 Å². The normalized spacial score (nSPS) is 22.1. The van der Waals surface area contributed by atoms with Gasteiger partial charge in [0.25, 0.3) is 5.91 Å². The number of hydrogen-bond acceptors (Lipinski definition) is 4. The maximum atomic E-state index is 12.6. The molecule has 0 atom stereocenters. The molecular weight excluding hydrogens is 272 g/mol. The highest BCUT2D eigenvalue weighted by atomic mass is 32.1. The molecule has 1 spiro atoms. The predicted octanol–water partition coefficient (Wildman–Crippen LogP) is 1.91. The first kappa shape index (κ1) is 14.0. The summed E-state index contributed by atoms with van der Waals surface area (Å²) in [6, 6.07) is 4.04. The van der Waals surface area contributed by atoms with Crippen LogP contribution in [-0.4, -0.2) is 49.2 Å². The number of morpholine rings is 1. The highest BCUT2D eigenvalue weighted by molar-refractivity contribution is 7.14. The molecule has 1 N–H and O–H groups in total. The molecule has 0 bridgehead atoms. The lowest BCUT2D eigenvalue weighted by Gasteiger charge is -2.45. The molecule has 1 amide bonds. The SMILES string of the molecule is CCc1ccc(C(=O)N2CCOC3(CCNCC3)C2)s1. The molecule has 0 aromatic carbocycles. The van der Waals surface area contributed by atoms with Gasteiger partial charge in [-0.25, -0.2) is 0 Å². The number of carbonyl (C=O) groups excluding carboxylic acids is 1. The quantitative estimate of drug-likeness (QED) is 0.906. The van der Waals surface area contributed by atoms with Gasteiger partial charge in [-0.15, -0.1) is 11.3 Å². The van der Waals surface area contributed by atoms with E-state index in [1.54, 1.807) is 11.3 Å². The zero-order chi connectivity index (χ0) is 14.0. The van der Waals surface area contributed by atoms with Crippen molar-refractivity contribution in [2.24, 2.45) is 0 Å². The van der Waals surface area contributed by atoms with Crippen molar-refractivity contribution in [3.8, 4) is 0 Å². The van der Waals surface area contributed by atoms with E-state index in [2.05, 4.69) is 18.3 Å². The van der Waals surface area contributed by atoms with Crippen LogP contribution in [0, 0.1) is 0 Å². The molecule has 1 aromatic heterocycles. The van der Waals surface area contributed by atoms with Crippen molar-refractivity contribution in [1.29, 1.82) is 0 Å². The van der Waals surface area contributed by atoms with E-state index in [0.717, 1.165) is 43.8 Å². The number of piperidine rings is 1. The summed E-state index contributed by atoms with van der Waals surface area (Å²) in [4.78, 5) is 16.8. The second-order valence-corrected chi connectivity index (χ2v) is 6.80. The van der Waals surface area contributed by atoms with Gasteiger partial charge < -0.3 is 15.0 Å². The van der Waals surface area contributed by atoms with Crippen molar-refractivity contribution in [2.45, 2.75) is 31.8 Å². The van der Waals surface area contributed by atoms with E-state index >= 15 is 0 Å². The van der Waals surface area contributed by atoms with Crippen LogP contribution in [0.25, 0.3) is 0 Å². The maximum absolute atomic E-state index is 12.6. The average Bonchev–Trinajstić information content (AvgIpc) is 2.96. The van der Waals surface area contributed by atoms with Crippen LogP contribution in [0.4, 0.5) is 0 Å². The van der Waals surface area contributed by atoms with Gasteiger partial charge in [0, 0.05) is 11.4 Å². The fraction of sp³-hybridized carbons (Fsp3) is 0.667. The molecule has 1 aromatic rings. The molecule has 4 nitrogen and oxygen atoms in total. The lowest BCUT2D eigenvalue weighted by molar-refractivity contribution is -0.114. The van der Waals surface area contributed by atoms with E-state index in [1.807, 2.05) is 11.0 Å². The smallest absolute Gasteiger partial charge is 0.264 e. The number of nitrogens with one attached hydrogen (secondary N) is 1. The molecular formula is C15H22N2O2S. The van der Waals surface area contributed by atoms with Crippen molar-refractivity contribution in [3.05, 3.63) is 21.9 Å². The highest BCUT2D eigenvalue weighted by Gasteiger charge is 2.39. The monoisotopic (exact) mass is 294 g/mol. The van der Waals surface area contributed by atoms with E-state index in [0.29, 0.717) is 13.2 Å². The Hall–Kier alpha value is -0.910. The number of hydrogen-bond donors (Lipinski definition) is 1. The number of rotatable bonds is 2. The van der Waals surface area contributed by atoms with Crippen molar-refractivity contribution in [3.63, 3.8) is 0 Å². The Balaban J connectivity index is 1.71.